The molecule has 0 N–H and O–H groups in total. The lowest BCUT2D eigenvalue weighted by Crippen LogP contribution is -2.06. The zero-order valence-corrected chi connectivity index (χ0v) is 7.39. The molecule has 1 radical (unpaired) electrons. The fraction of sp³-hybridized carbons (Fsp3) is 0.833. The lowest BCUT2D eigenvalue weighted by molar-refractivity contribution is 0.258. The summed E-state index contributed by atoms with van der Waals surface area (Å²) >= 11 is 0. The Balaban J connectivity index is 2.72. The van der Waals surface area contributed by atoms with Crippen molar-refractivity contribution in [2.45, 2.75) is 33.3 Å². The van der Waals surface area contributed by atoms with Gasteiger partial charge in [-0.05, 0) is 19.9 Å². The first kappa shape index (κ1) is 8.18. The van der Waals surface area contributed by atoms with E-state index in [9.17, 15) is 0 Å². The first-order valence-electron chi connectivity index (χ1n) is 3.20. The molecule has 0 spiro atoms. The lowest BCUT2D eigenvalue weighted by Gasteiger charge is -2.04. The van der Waals surface area contributed by atoms with Crippen LogP contribution in [0.4, 0.5) is 0 Å². The second-order valence-corrected chi connectivity index (χ2v) is 3.32. The van der Waals surface area contributed by atoms with Crippen molar-refractivity contribution < 1.29 is 4.43 Å². The molecule has 0 saturated heterocycles. The Kier molecular flexibility index (Phi) is 5.43. The second kappa shape index (κ2) is 5.32. The Morgan fingerprint density at radius 1 is 1.62 bits per heavy atom. The van der Waals surface area contributed by atoms with Crippen molar-refractivity contribution in [3.05, 3.63) is 6.04 Å². The molecule has 0 saturated carbocycles. The molecule has 0 fully saturated rings. The molecule has 0 amide bonds. The molecular formula is C6H15OSi. The van der Waals surface area contributed by atoms with Gasteiger partial charge in [-0.1, -0.05) is 13.3 Å². The number of rotatable bonds is 4. The van der Waals surface area contributed by atoms with E-state index in [1.54, 1.807) is 0 Å². The fourth-order valence-corrected chi connectivity index (χ4v) is 1.14. The molecule has 0 aliphatic heterocycles. The maximum Gasteiger partial charge on any atom is 0.165 e. The van der Waals surface area contributed by atoms with Gasteiger partial charge in [0.25, 0.3) is 0 Å². The Labute approximate surface area is 54.4 Å². The molecule has 0 aromatic rings. The molecule has 0 aromatic carbocycles. The highest BCUT2D eigenvalue weighted by Gasteiger charge is 1.90. The summed E-state index contributed by atoms with van der Waals surface area (Å²) in [5, 5.41) is 0. The molecule has 0 atom stereocenters. The highest BCUT2D eigenvalue weighted by Crippen LogP contribution is 1.88. The monoisotopic (exact) mass is 131 g/mol. The van der Waals surface area contributed by atoms with Crippen LogP contribution in [0.5, 0.6) is 0 Å². The van der Waals surface area contributed by atoms with Crippen molar-refractivity contribution >= 4 is 9.76 Å². The van der Waals surface area contributed by atoms with Crippen LogP contribution in [0.3, 0.4) is 0 Å². The average molecular weight is 131 g/mol. The van der Waals surface area contributed by atoms with E-state index in [-0.39, 0.29) is 9.76 Å². The van der Waals surface area contributed by atoms with Gasteiger partial charge in [0.15, 0.2) is 9.76 Å². The summed E-state index contributed by atoms with van der Waals surface area (Å²) in [6, 6.07) is 2.26. The quantitative estimate of drug-likeness (QED) is 0.409. The van der Waals surface area contributed by atoms with Crippen LogP contribution in [-0.4, -0.2) is 15.9 Å². The van der Waals surface area contributed by atoms with Crippen LogP contribution in [-0.2, 0) is 4.43 Å². The minimum Gasteiger partial charge on any atom is -0.421 e. The van der Waals surface area contributed by atoms with E-state index in [0.717, 1.165) is 0 Å². The van der Waals surface area contributed by atoms with Gasteiger partial charge < -0.3 is 4.43 Å². The summed E-state index contributed by atoms with van der Waals surface area (Å²) < 4.78 is 5.37. The van der Waals surface area contributed by atoms with Crippen LogP contribution >= 0.6 is 0 Å². The Hall–Kier alpha value is 0.177. The summed E-state index contributed by atoms with van der Waals surface area (Å²) in [4.78, 5) is 0. The molecule has 0 aliphatic carbocycles. The Bertz CT molecular complexity index is 45.8. The topological polar surface area (TPSA) is 9.23 Å². The number of hydrogen-bond acceptors (Lipinski definition) is 1. The van der Waals surface area contributed by atoms with E-state index in [0.29, 0.717) is 6.10 Å². The largest absolute Gasteiger partial charge is 0.421 e. The molecule has 49 valence electrons. The van der Waals surface area contributed by atoms with Gasteiger partial charge in [-0.3, -0.25) is 0 Å². The third kappa shape index (κ3) is 6.18. The zero-order valence-electron chi connectivity index (χ0n) is 5.98. The normalized spacial score (nSPS) is 12.0. The maximum atomic E-state index is 5.37. The smallest absolute Gasteiger partial charge is 0.165 e. The van der Waals surface area contributed by atoms with E-state index >= 15 is 0 Å². The summed E-state index contributed by atoms with van der Waals surface area (Å²) in [6.07, 6.45) is 1.60. The van der Waals surface area contributed by atoms with Crippen LogP contribution < -0.4 is 0 Å². The first-order valence-corrected chi connectivity index (χ1v) is 4.60. The minimum absolute atomic E-state index is 0.261. The van der Waals surface area contributed by atoms with Crippen molar-refractivity contribution in [2.75, 3.05) is 0 Å². The van der Waals surface area contributed by atoms with Crippen LogP contribution in [0.25, 0.3) is 0 Å². The molecular weight excluding hydrogens is 116 g/mol. The predicted octanol–water partition coefficient (Wildman–Crippen LogP) is 1.07. The fourth-order valence-electron chi connectivity index (χ4n) is 0.378. The molecule has 0 bridgehead atoms. The van der Waals surface area contributed by atoms with E-state index in [1.165, 1.54) is 6.42 Å². The van der Waals surface area contributed by atoms with E-state index < -0.39 is 0 Å². The lowest BCUT2D eigenvalue weighted by atomic mass is 10.5. The molecule has 0 aliphatic rings. The van der Waals surface area contributed by atoms with Gasteiger partial charge in [-0.25, -0.2) is 0 Å². The van der Waals surface area contributed by atoms with E-state index in [2.05, 4.69) is 26.8 Å². The zero-order chi connectivity index (χ0) is 6.41. The highest BCUT2D eigenvalue weighted by molar-refractivity contribution is 6.32. The summed E-state index contributed by atoms with van der Waals surface area (Å²) in [5.41, 5.74) is 0. The van der Waals surface area contributed by atoms with Crippen LogP contribution in [0.1, 0.15) is 27.2 Å². The van der Waals surface area contributed by atoms with Gasteiger partial charge >= 0.3 is 0 Å². The molecule has 0 aromatic heterocycles. The number of hydrogen-bond donors (Lipinski definition) is 0. The maximum absolute atomic E-state index is 5.37. The molecule has 0 heterocycles. The van der Waals surface area contributed by atoms with Crippen LogP contribution in [0, 0.1) is 6.04 Å². The van der Waals surface area contributed by atoms with E-state index in [4.69, 9.17) is 4.43 Å². The van der Waals surface area contributed by atoms with E-state index in [1.807, 2.05) is 0 Å². The average Bonchev–Trinajstić information content (AvgIpc) is 1.66. The van der Waals surface area contributed by atoms with Crippen molar-refractivity contribution in [1.82, 2.24) is 0 Å². The van der Waals surface area contributed by atoms with Crippen molar-refractivity contribution in [3.63, 3.8) is 0 Å². The van der Waals surface area contributed by atoms with Crippen molar-refractivity contribution in [3.8, 4) is 0 Å². The van der Waals surface area contributed by atoms with Gasteiger partial charge in [0.05, 0.1) is 0 Å². The summed E-state index contributed by atoms with van der Waals surface area (Å²) in [6.45, 7) is 6.31. The van der Waals surface area contributed by atoms with Crippen molar-refractivity contribution in [2.24, 2.45) is 0 Å². The standard InChI is InChI=1S/C6H15OSi/c1-4-5-8-7-6(2)3/h5-6H,4,8H2,1-3H3. The van der Waals surface area contributed by atoms with Gasteiger partial charge in [-0.15, -0.1) is 0 Å². The SMILES string of the molecule is CC[CH][SiH2]OC(C)C. The predicted molar refractivity (Wildman–Crippen MR) is 39.4 cm³/mol. The summed E-state index contributed by atoms with van der Waals surface area (Å²) in [7, 11) is -0.261. The first-order chi connectivity index (χ1) is 3.77. The van der Waals surface area contributed by atoms with Gasteiger partial charge in [-0.2, -0.15) is 0 Å². The Morgan fingerprint density at radius 2 is 2.25 bits per heavy atom. The van der Waals surface area contributed by atoms with Crippen molar-refractivity contribution in [1.29, 1.82) is 0 Å². The molecule has 8 heavy (non-hydrogen) atoms. The molecule has 1 nitrogen and oxygen atoms in total. The minimum atomic E-state index is -0.261. The van der Waals surface area contributed by atoms with Crippen LogP contribution in [0.15, 0.2) is 0 Å². The molecule has 0 unspecified atom stereocenters. The van der Waals surface area contributed by atoms with Gasteiger partial charge in [0.1, 0.15) is 0 Å². The third-order valence-electron chi connectivity index (χ3n) is 0.836. The molecule has 0 rings (SSSR count). The Morgan fingerprint density at radius 3 is 2.62 bits per heavy atom. The second-order valence-electron chi connectivity index (χ2n) is 2.08. The third-order valence-corrected chi connectivity index (χ3v) is 2.51. The highest BCUT2D eigenvalue weighted by atomic mass is 28.2. The van der Waals surface area contributed by atoms with Crippen LogP contribution in [0.2, 0.25) is 0 Å². The van der Waals surface area contributed by atoms with Gasteiger partial charge in [0.2, 0.25) is 0 Å². The van der Waals surface area contributed by atoms with Gasteiger partial charge in [0, 0.05) is 6.10 Å². The molecule has 2 heteroatoms. The summed E-state index contributed by atoms with van der Waals surface area (Å²) in [5.74, 6) is 0.